The predicted octanol–water partition coefficient (Wildman–Crippen LogP) is 3.04. The van der Waals surface area contributed by atoms with Crippen molar-refractivity contribution in [1.82, 2.24) is 15.6 Å². The van der Waals surface area contributed by atoms with Crippen LogP contribution >= 0.6 is 24.0 Å². The van der Waals surface area contributed by atoms with Gasteiger partial charge < -0.3 is 25.1 Å². The molecule has 0 spiro atoms. The molecule has 0 radical (unpaired) electrons. The van der Waals surface area contributed by atoms with Crippen molar-refractivity contribution in [2.75, 3.05) is 32.9 Å². The maximum Gasteiger partial charge on any atom is 0.191 e. The molecule has 6 nitrogen and oxygen atoms in total. The Labute approximate surface area is 172 Å². The molecule has 1 atom stereocenters. The zero-order chi connectivity index (χ0) is 17.3. The quantitative estimate of drug-likeness (QED) is 0.239. The molecular formula is C19H29IN4O2. The predicted molar refractivity (Wildman–Crippen MR) is 116 cm³/mol. The van der Waals surface area contributed by atoms with Gasteiger partial charge in [0.2, 0.25) is 0 Å². The Hall–Kier alpha value is -1.32. The van der Waals surface area contributed by atoms with E-state index in [-0.39, 0.29) is 30.1 Å². The van der Waals surface area contributed by atoms with Crippen molar-refractivity contribution in [3.8, 4) is 0 Å². The zero-order valence-corrected chi connectivity index (χ0v) is 17.6. The van der Waals surface area contributed by atoms with Gasteiger partial charge in [0, 0.05) is 37.5 Å². The number of fused-ring (bicyclic) bond motifs is 1. The van der Waals surface area contributed by atoms with E-state index in [9.17, 15) is 0 Å². The van der Waals surface area contributed by atoms with Crippen LogP contribution in [0.3, 0.4) is 0 Å². The normalized spacial score (nSPS) is 17.3. The van der Waals surface area contributed by atoms with Crippen molar-refractivity contribution in [3.05, 3.63) is 36.0 Å². The lowest BCUT2D eigenvalue weighted by Crippen LogP contribution is -2.38. The van der Waals surface area contributed by atoms with Crippen molar-refractivity contribution >= 4 is 40.8 Å². The molecule has 1 unspecified atom stereocenters. The lowest BCUT2D eigenvalue weighted by Gasteiger charge is -2.12. The fourth-order valence-corrected chi connectivity index (χ4v) is 2.90. The first-order valence-corrected chi connectivity index (χ1v) is 9.13. The van der Waals surface area contributed by atoms with E-state index in [1.807, 2.05) is 6.07 Å². The van der Waals surface area contributed by atoms with Gasteiger partial charge in [0.1, 0.15) is 0 Å². The number of aromatic amines is 1. The van der Waals surface area contributed by atoms with Crippen molar-refractivity contribution in [1.29, 1.82) is 0 Å². The Bertz CT molecular complexity index is 650. The highest BCUT2D eigenvalue weighted by molar-refractivity contribution is 14.0. The average Bonchev–Trinajstić information content (AvgIpc) is 3.28. The van der Waals surface area contributed by atoms with Crippen LogP contribution in [0.5, 0.6) is 0 Å². The first-order valence-electron chi connectivity index (χ1n) is 9.13. The molecule has 0 aliphatic carbocycles. The van der Waals surface area contributed by atoms with Gasteiger partial charge in [0.05, 0.1) is 19.3 Å². The fraction of sp³-hybridized carbons (Fsp3) is 0.526. The van der Waals surface area contributed by atoms with E-state index >= 15 is 0 Å². The summed E-state index contributed by atoms with van der Waals surface area (Å²) < 4.78 is 11.1. The molecule has 1 aromatic heterocycles. The number of ether oxygens (including phenoxy) is 2. The minimum atomic E-state index is 0. The molecule has 1 saturated heterocycles. The van der Waals surface area contributed by atoms with Crippen LogP contribution in [0, 0.1) is 0 Å². The van der Waals surface area contributed by atoms with Gasteiger partial charge in [-0.25, -0.2) is 4.99 Å². The molecule has 7 heteroatoms. The maximum atomic E-state index is 5.78. The number of rotatable bonds is 8. The number of H-pyrrole nitrogens is 1. The Balaban J connectivity index is 0.00000243. The van der Waals surface area contributed by atoms with Gasteiger partial charge in [-0.3, -0.25) is 0 Å². The highest BCUT2D eigenvalue weighted by Gasteiger charge is 2.15. The highest BCUT2D eigenvalue weighted by Crippen LogP contribution is 2.15. The first-order chi connectivity index (χ1) is 12.3. The molecule has 144 valence electrons. The third kappa shape index (κ3) is 6.44. The standard InChI is InChI=1S/C19H28N4O2.HI/c1-2-20-19(21-9-5-10-25-17-8-11-24-14-17)22-13-16-12-15-6-3-4-7-18(15)23-16;/h3-4,6-7,12,17,23H,2,5,8-11,13-14H2,1H3,(H2,20,21,22);1H. The van der Waals surface area contributed by atoms with E-state index in [1.165, 1.54) is 5.39 Å². The number of benzene rings is 1. The molecular weight excluding hydrogens is 443 g/mol. The van der Waals surface area contributed by atoms with Gasteiger partial charge in [-0.2, -0.15) is 0 Å². The molecule has 0 saturated carbocycles. The molecule has 1 aliphatic heterocycles. The molecule has 2 aromatic rings. The topological polar surface area (TPSA) is 70.7 Å². The molecule has 3 N–H and O–H groups in total. The van der Waals surface area contributed by atoms with Crippen molar-refractivity contribution in [2.45, 2.75) is 32.4 Å². The number of aromatic nitrogens is 1. The summed E-state index contributed by atoms with van der Waals surface area (Å²) in [7, 11) is 0. The summed E-state index contributed by atoms with van der Waals surface area (Å²) in [6, 6.07) is 10.4. The van der Waals surface area contributed by atoms with E-state index < -0.39 is 0 Å². The van der Waals surface area contributed by atoms with E-state index in [4.69, 9.17) is 9.47 Å². The number of aliphatic imine (C=N–C) groups is 1. The lowest BCUT2D eigenvalue weighted by atomic mass is 10.2. The summed E-state index contributed by atoms with van der Waals surface area (Å²) in [5.74, 6) is 0.838. The third-order valence-corrected chi connectivity index (χ3v) is 4.19. The number of hydrogen-bond acceptors (Lipinski definition) is 3. The molecule has 26 heavy (non-hydrogen) atoms. The Morgan fingerprint density at radius 3 is 3.00 bits per heavy atom. The zero-order valence-electron chi connectivity index (χ0n) is 15.3. The number of nitrogens with zero attached hydrogens (tertiary/aromatic N) is 1. The number of para-hydroxylation sites is 1. The summed E-state index contributed by atoms with van der Waals surface area (Å²) in [4.78, 5) is 8.06. The monoisotopic (exact) mass is 472 g/mol. The summed E-state index contributed by atoms with van der Waals surface area (Å²) in [5.41, 5.74) is 2.27. The molecule has 1 fully saturated rings. The second-order valence-corrected chi connectivity index (χ2v) is 6.21. The van der Waals surface area contributed by atoms with Crippen LogP contribution in [-0.2, 0) is 16.0 Å². The maximum absolute atomic E-state index is 5.78. The van der Waals surface area contributed by atoms with Gasteiger partial charge >= 0.3 is 0 Å². The molecule has 0 amide bonds. The van der Waals surface area contributed by atoms with Crippen LogP contribution in [0.2, 0.25) is 0 Å². The van der Waals surface area contributed by atoms with Crippen LogP contribution in [0.25, 0.3) is 10.9 Å². The second-order valence-electron chi connectivity index (χ2n) is 6.21. The Morgan fingerprint density at radius 1 is 1.35 bits per heavy atom. The first kappa shape index (κ1) is 21.0. The second kappa shape index (κ2) is 11.4. The van der Waals surface area contributed by atoms with E-state index in [0.717, 1.165) is 62.9 Å². The summed E-state index contributed by atoms with van der Waals surface area (Å²) in [5, 5.41) is 7.87. The van der Waals surface area contributed by atoms with Gasteiger partial charge in [0.15, 0.2) is 5.96 Å². The van der Waals surface area contributed by atoms with Crippen molar-refractivity contribution < 1.29 is 9.47 Å². The molecule has 2 heterocycles. The van der Waals surface area contributed by atoms with E-state index in [2.05, 4.69) is 51.8 Å². The molecule has 1 aromatic carbocycles. The fourth-order valence-electron chi connectivity index (χ4n) is 2.90. The Morgan fingerprint density at radius 2 is 2.23 bits per heavy atom. The smallest absolute Gasteiger partial charge is 0.191 e. The molecule has 0 bridgehead atoms. The van der Waals surface area contributed by atoms with Gasteiger partial charge in [-0.15, -0.1) is 24.0 Å². The van der Waals surface area contributed by atoms with Crippen LogP contribution in [0.1, 0.15) is 25.5 Å². The van der Waals surface area contributed by atoms with E-state index in [1.54, 1.807) is 0 Å². The summed E-state index contributed by atoms with van der Waals surface area (Å²) >= 11 is 0. The third-order valence-electron chi connectivity index (χ3n) is 4.19. The Kier molecular flexibility index (Phi) is 9.21. The summed E-state index contributed by atoms with van der Waals surface area (Å²) in [6.07, 6.45) is 2.25. The highest BCUT2D eigenvalue weighted by atomic mass is 127. The van der Waals surface area contributed by atoms with Gasteiger partial charge in [-0.05, 0) is 37.3 Å². The SMILES string of the molecule is CCNC(=NCc1cc2ccccc2[nH]1)NCCCOC1CCOC1.I. The largest absolute Gasteiger partial charge is 0.379 e. The van der Waals surface area contributed by atoms with Gasteiger partial charge in [0.25, 0.3) is 0 Å². The van der Waals surface area contributed by atoms with Gasteiger partial charge in [-0.1, -0.05) is 18.2 Å². The van der Waals surface area contributed by atoms with Crippen LogP contribution in [0.15, 0.2) is 35.3 Å². The number of hydrogen-bond donors (Lipinski definition) is 3. The lowest BCUT2D eigenvalue weighted by molar-refractivity contribution is 0.0420. The minimum absolute atomic E-state index is 0. The van der Waals surface area contributed by atoms with Crippen LogP contribution in [0.4, 0.5) is 0 Å². The van der Waals surface area contributed by atoms with Crippen molar-refractivity contribution in [3.63, 3.8) is 0 Å². The average molecular weight is 472 g/mol. The summed E-state index contributed by atoms with van der Waals surface area (Å²) in [6.45, 7) is 6.70. The molecule has 1 aliphatic rings. The number of nitrogens with one attached hydrogen (secondary N) is 3. The van der Waals surface area contributed by atoms with Crippen LogP contribution < -0.4 is 10.6 Å². The number of halogens is 1. The molecule has 3 rings (SSSR count). The van der Waals surface area contributed by atoms with Crippen molar-refractivity contribution in [2.24, 2.45) is 4.99 Å². The number of guanidine groups is 1. The van der Waals surface area contributed by atoms with E-state index in [0.29, 0.717) is 6.54 Å². The van der Waals surface area contributed by atoms with Crippen LogP contribution in [-0.4, -0.2) is 50.0 Å². The minimum Gasteiger partial charge on any atom is -0.379 e.